The summed E-state index contributed by atoms with van der Waals surface area (Å²) in [6, 6.07) is 0. The van der Waals surface area contributed by atoms with Crippen molar-refractivity contribution in [3.8, 4) is 0 Å². The van der Waals surface area contributed by atoms with Gasteiger partial charge in [0.25, 0.3) is 0 Å². The summed E-state index contributed by atoms with van der Waals surface area (Å²) in [4.78, 5) is 38.0. The lowest BCUT2D eigenvalue weighted by Crippen LogP contribution is -2.30. The summed E-state index contributed by atoms with van der Waals surface area (Å²) in [6.07, 6.45) is 62.3. The van der Waals surface area contributed by atoms with E-state index in [4.69, 9.17) is 14.2 Å². The molecule has 63 heavy (non-hydrogen) atoms. The highest BCUT2D eigenvalue weighted by Gasteiger charge is 2.19. The second kappa shape index (κ2) is 52.0. The fourth-order valence-corrected chi connectivity index (χ4v) is 7.72. The zero-order valence-corrected chi connectivity index (χ0v) is 41.8. The maximum absolute atomic E-state index is 12.8. The van der Waals surface area contributed by atoms with Gasteiger partial charge in [-0.25, -0.2) is 0 Å². The van der Waals surface area contributed by atoms with Gasteiger partial charge in [-0.05, 0) is 64.2 Å². The third-order valence-corrected chi connectivity index (χ3v) is 11.8. The van der Waals surface area contributed by atoms with Crippen LogP contribution >= 0.6 is 0 Å². The number of carbonyl (C=O) groups is 3. The van der Waals surface area contributed by atoms with Crippen molar-refractivity contribution in [3.05, 3.63) is 48.6 Å². The first-order valence-electron chi connectivity index (χ1n) is 27.1. The van der Waals surface area contributed by atoms with Gasteiger partial charge in [0.15, 0.2) is 6.10 Å². The van der Waals surface area contributed by atoms with Crippen LogP contribution in [0.2, 0.25) is 0 Å². The van der Waals surface area contributed by atoms with Crippen LogP contribution in [0.3, 0.4) is 0 Å². The van der Waals surface area contributed by atoms with Crippen LogP contribution in [0.4, 0.5) is 0 Å². The number of hydrogen-bond acceptors (Lipinski definition) is 6. The van der Waals surface area contributed by atoms with Gasteiger partial charge >= 0.3 is 17.9 Å². The maximum Gasteiger partial charge on any atom is 0.306 e. The highest BCUT2D eigenvalue weighted by molar-refractivity contribution is 5.71. The Morgan fingerprint density at radius 2 is 0.571 bits per heavy atom. The first-order chi connectivity index (χ1) is 31.0. The number of esters is 3. The fraction of sp³-hybridized carbons (Fsp3) is 0.807. The Labute approximate surface area is 390 Å². The number of unbranched alkanes of at least 4 members (excludes halogenated alkanes) is 30. The molecule has 0 fully saturated rings. The zero-order chi connectivity index (χ0) is 45.8. The number of rotatable bonds is 49. The van der Waals surface area contributed by atoms with E-state index >= 15 is 0 Å². The number of hydrogen-bond donors (Lipinski definition) is 0. The molecule has 0 aromatic carbocycles. The molecule has 0 N–H and O–H groups in total. The van der Waals surface area contributed by atoms with E-state index in [-0.39, 0.29) is 31.1 Å². The molecule has 0 spiro atoms. The number of carbonyl (C=O) groups excluding carboxylic acids is 3. The van der Waals surface area contributed by atoms with Crippen LogP contribution in [0, 0.1) is 0 Å². The summed E-state index contributed by atoms with van der Waals surface area (Å²) in [7, 11) is 0. The molecule has 0 saturated carbocycles. The zero-order valence-electron chi connectivity index (χ0n) is 41.8. The van der Waals surface area contributed by atoms with Crippen LogP contribution in [0.15, 0.2) is 48.6 Å². The summed E-state index contributed by atoms with van der Waals surface area (Å²) in [5, 5.41) is 0. The average Bonchev–Trinajstić information content (AvgIpc) is 3.28. The van der Waals surface area contributed by atoms with Gasteiger partial charge in [-0.15, -0.1) is 0 Å². The first-order valence-corrected chi connectivity index (χ1v) is 27.1. The molecular weight excluding hydrogens is 781 g/mol. The average molecular weight is 883 g/mol. The minimum Gasteiger partial charge on any atom is -0.462 e. The van der Waals surface area contributed by atoms with Gasteiger partial charge in [0, 0.05) is 19.3 Å². The van der Waals surface area contributed by atoms with Crippen LogP contribution in [-0.4, -0.2) is 37.2 Å². The summed E-state index contributed by atoms with van der Waals surface area (Å²) in [6.45, 7) is 6.60. The van der Waals surface area contributed by atoms with E-state index < -0.39 is 6.10 Å². The fourth-order valence-electron chi connectivity index (χ4n) is 7.72. The van der Waals surface area contributed by atoms with Crippen molar-refractivity contribution < 1.29 is 28.6 Å². The molecule has 0 aliphatic carbocycles. The Hall–Kier alpha value is -2.63. The highest BCUT2D eigenvalue weighted by Crippen LogP contribution is 2.16. The summed E-state index contributed by atoms with van der Waals surface area (Å²) >= 11 is 0. The summed E-state index contributed by atoms with van der Waals surface area (Å²) in [5.41, 5.74) is 0. The van der Waals surface area contributed by atoms with Crippen molar-refractivity contribution >= 4 is 17.9 Å². The molecule has 0 saturated heterocycles. The SMILES string of the molecule is CCCCC/C=C\C/C=C\C/C=C\C/C=C\CCCCCC(=O)OC[C@H](COC(=O)CCCCCCCCCCCCCCC)OC(=O)CCCCCCCCCCCCCCC. The van der Waals surface area contributed by atoms with Crippen molar-refractivity contribution in [1.29, 1.82) is 0 Å². The van der Waals surface area contributed by atoms with E-state index in [2.05, 4.69) is 69.4 Å². The van der Waals surface area contributed by atoms with Gasteiger partial charge in [0.1, 0.15) is 13.2 Å². The topological polar surface area (TPSA) is 78.9 Å². The molecule has 0 aliphatic rings. The monoisotopic (exact) mass is 883 g/mol. The molecule has 0 radical (unpaired) electrons. The van der Waals surface area contributed by atoms with E-state index in [0.29, 0.717) is 19.3 Å². The van der Waals surface area contributed by atoms with Crippen molar-refractivity contribution in [2.24, 2.45) is 0 Å². The molecular formula is C57H102O6. The minimum absolute atomic E-state index is 0.0794. The van der Waals surface area contributed by atoms with Crippen LogP contribution in [0.1, 0.15) is 278 Å². The molecule has 0 rings (SSSR count). The lowest BCUT2D eigenvalue weighted by Gasteiger charge is -2.18. The third-order valence-electron chi connectivity index (χ3n) is 11.8. The third kappa shape index (κ3) is 50.2. The van der Waals surface area contributed by atoms with E-state index in [0.717, 1.165) is 83.5 Å². The van der Waals surface area contributed by atoms with Crippen LogP contribution < -0.4 is 0 Å². The van der Waals surface area contributed by atoms with Gasteiger partial charge in [0.05, 0.1) is 0 Å². The van der Waals surface area contributed by atoms with E-state index in [1.54, 1.807) is 0 Å². The van der Waals surface area contributed by atoms with E-state index in [1.165, 1.54) is 154 Å². The molecule has 0 aliphatic heterocycles. The van der Waals surface area contributed by atoms with Gasteiger partial charge in [0.2, 0.25) is 0 Å². The quantitative estimate of drug-likeness (QED) is 0.0262. The molecule has 0 aromatic rings. The van der Waals surface area contributed by atoms with Crippen LogP contribution in [-0.2, 0) is 28.6 Å². The highest BCUT2D eigenvalue weighted by atomic mass is 16.6. The van der Waals surface area contributed by atoms with Gasteiger partial charge in [-0.2, -0.15) is 0 Å². The summed E-state index contributed by atoms with van der Waals surface area (Å²) in [5.74, 6) is -0.900. The Bertz CT molecular complexity index is 1110. The molecule has 0 aromatic heterocycles. The predicted octanol–water partition coefficient (Wildman–Crippen LogP) is 17.9. The standard InChI is InChI=1S/C57H102O6/c1-4-7-10-13-16-19-22-25-26-27-28-29-30-33-35-38-41-44-47-50-56(59)62-53-54(63-57(60)51-48-45-42-39-36-32-24-21-18-15-12-9-6-3)52-61-55(58)49-46-43-40-37-34-31-23-20-17-14-11-8-5-2/h16,19,25-26,28-29,33,35,54H,4-15,17-18,20-24,27,30-32,34,36-53H2,1-3H3/b19-16-,26-25-,29-28-,35-33-/t54-/m0/s1. The maximum atomic E-state index is 12.8. The molecule has 6 heteroatoms. The lowest BCUT2D eigenvalue weighted by atomic mass is 10.0. The van der Waals surface area contributed by atoms with Gasteiger partial charge in [-0.1, -0.05) is 243 Å². The normalized spacial score (nSPS) is 12.4. The van der Waals surface area contributed by atoms with Gasteiger partial charge < -0.3 is 14.2 Å². The Morgan fingerprint density at radius 3 is 0.921 bits per heavy atom. The molecule has 6 nitrogen and oxygen atoms in total. The number of allylic oxidation sites excluding steroid dienone is 8. The lowest BCUT2D eigenvalue weighted by molar-refractivity contribution is -0.167. The van der Waals surface area contributed by atoms with Crippen molar-refractivity contribution in [1.82, 2.24) is 0 Å². The molecule has 366 valence electrons. The first kappa shape index (κ1) is 60.4. The molecule has 0 bridgehead atoms. The van der Waals surface area contributed by atoms with Crippen molar-refractivity contribution in [2.45, 2.75) is 284 Å². The molecule has 1 atom stereocenters. The Balaban J connectivity index is 4.39. The molecule has 0 heterocycles. The summed E-state index contributed by atoms with van der Waals surface area (Å²) < 4.78 is 16.8. The number of ether oxygens (including phenoxy) is 3. The minimum atomic E-state index is -0.781. The second-order valence-electron chi connectivity index (χ2n) is 18.2. The largest absolute Gasteiger partial charge is 0.462 e. The Kier molecular flexibility index (Phi) is 49.8. The van der Waals surface area contributed by atoms with Crippen molar-refractivity contribution in [2.75, 3.05) is 13.2 Å². The van der Waals surface area contributed by atoms with Crippen LogP contribution in [0.25, 0.3) is 0 Å². The van der Waals surface area contributed by atoms with Crippen molar-refractivity contribution in [3.63, 3.8) is 0 Å². The van der Waals surface area contributed by atoms with Crippen LogP contribution in [0.5, 0.6) is 0 Å². The molecule has 0 amide bonds. The van der Waals surface area contributed by atoms with E-state index in [9.17, 15) is 14.4 Å². The second-order valence-corrected chi connectivity index (χ2v) is 18.2. The van der Waals surface area contributed by atoms with E-state index in [1.807, 2.05) is 0 Å². The smallest absolute Gasteiger partial charge is 0.306 e. The predicted molar refractivity (Wildman–Crippen MR) is 270 cm³/mol. The Morgan fingerprint density at radius 1 is 0.317 bits per heavy atom. The molecule has 0 unspecified atom stereocenters. The van der Waals surface area contributed by atoms with Gasteiger partial charge in [-0.3, -0.25) is 14.4 Å².